The molecule has 2 aromatic rings. The van der Waals surface area contributed by atoms with Gasteiger partial charge in [0.25, 0.3) is 5.91 Å². The smallest absolute Gasteiger partial charge is 0.253 e. The van der Waals surface area contributed by atoms with E-state index in [-0.39, 0.29) is 5.91 Å². The fraction of sp³-hybridized carbons (Fsp3) is 0.385. The number of fused-ring (bicyclic) bond motifs is 1. The molecule has 0 aliphatic carbocycles. The van der Waals surface area contributed by atoms with Crippen LogP contribution in [-0.2, 0) is 0 Å². The van der Waals surface area contributed by atoms with Gasteiger partial charge in [-0.15, -0.1) is 0 Å². The molecule has 1 amide bonds. The number of carbonyl (C=O) groups is 1. The molecule has 94 valence electrons. The summed E-state index contributed by atoms with van der Waals surface area (Å²) in [4.78, 5) is 14.3. The Morgan fingerprint density at radius 2 is 2.22 bits per heavy atom. The fourth-order valence-corrected chi connectivity index (χ4v) is 2.30. The van der Waals surface area contributed by atoms with Gasteiger partial charge in [0.05, 0.1) is 11.7 Å². The number of nitrogens with zero attached hydrogens (tertiary/aromatic N) is 2. The number of amides is 1. The number of hydrogen-bond acceptors (Lipinski definition) is 3. The van der Waals surface area contributed by atoms with Crippen LogP contribution in [0.4, 0.5) is 0 Å². The van der Waals surface area contributed by atoms with E-state index in [1.165, 1.54) is 0 Å². The number of rotatable bonds is 1. The van der Waals surface area contributed by atoms with Crippen molar-refractivity contribution < 1.29 is 4.79 Å². The molecule has 5 nitrogen and oxygen atoms in total. The van der Waals surface area contributed by atoms with Gasteiger partial charge in [0.2, 0.25) is 0 Å². The summed E-state index contributed by atoms with van der Waals surface area (Å²) < 4.78 is 0. The Hall–Kier alpha value is -1.88. The summed E-state index contributed by atoms with van der Waals surface area (Å²) in [6.07, 6.45) is 2.78. The first-order chi connectivity index (χ1) is 8.84. The van der Waals surface area contributed by atoms with Gasteiger partial charge in [-0.05, 0) is 25.1 Å². The highest BCUT2D eigenvalue weighted by atomic mass is 16.2. The first kappa shape index (κ1) is 11.2. The lowest BCUT2D eigenvalue weighted by atomic mass is 10.1. The van der Waals surface area contributed by atoms with E-state index in [1.54, 1.807) is 6.20 Å². The Labute approximate surface area is 105 Å². The third-order valence-electron chi connectivity index (χ3n) is 3.32. The Balaban J connectivity index is 1.85. The van der Waals surface area contributed by atoms with Crippen LogP contribution in [0.2, 0.25) is 0 Å². The van der Waals surface area contributed by atoms with Crippen molar-refractivity contribution in [1.29, 1.82) is 0 Å². The molecule has 0 radical (unpaired) electrons. The molecule has 2 heterocycles. The third kappa shape index (κ3) is 2.09. The number of benzene rings is 1. The van der Waals surface area contributed by atoms with Gasteiger partial charge in [0.1, 0.15) is 0 Å². The van der Waals surface area contributed by atoms with Crippen LogP contribution in [0.5, 0.6) is 0 Å². The van der Waals surface area contributed by atoms with E-state index in [4.69, 9.17) is 0 Å². The number of H-pyrrole nitrogens is 1. The summed E-state index contributed by atoms with van der Waals surface area (Å²) in [5, 5.41) is 11.2. The third-order valence-corrected chi connectivity index (χ3v) is 3.32. The highest BCUT2D eigenvalue weighted by molar-refractivity contribution is 5.97. The number of aromatic nitrogens is 2. The van der Waals surface area contributed by atoms with E-state index < -0.39 is 0 Å². The molecule has 0 saturated carbocycles. The summed E-state index contributed by atoms with van der Waals surface area (Å²) in [5.74, 6) is 0.107. The Morgan fingerprint density at radius 1 is 1.28 bits per heavy atom. The second kappa shape index (κ2) is 4.78. The van der Waals surface area contributed by atoms with Crippen LogP contribution in [0, 0.1) is 0 Å². The minimum atomic E-state index is 0.107. The van der Waals surface area contributed by atoms with Crippen LogP contribution >= 0.6 is 0 Å². The molecule has 18 heavy (non-hydrogen) atoms. The highest BCUT2D eigenvalue weighted by Gasteiger charge is 2.17. The molecule has 1 aromatic heterocycles. The zero-order valence-corrected chi connectivity index (χ0v) is 10.1. The van der Waals surface area contributed by atoms with Crippen molar-refractivity contribution >= 4 is 16.8 Å². The van der Waals surface area contributed by atoms with Crippen LogP contribution in [0.25, 0.3) is 10.9 Å². The van der Waals surface area contributed by atoms with Gasteiger partial charge in [-0.3, -0.25) is 9.89 Å². The molecule has 2 N–H and O–H groups in total. The van der Waals surface area contributed by atoms with Crippen LogP contribution in [0.3, 0.4) is 0 Å². The van der Waals surface area contributed by atoms with Gasteiger partial charge < -0.3 is 10.2 Å². The molecule has 1 aliphatic heterocycles. The molecular formula is C13H16N4O. The largest absolute Gasteiger partial charge is 0.337 e. The molecule has 0 spiro atoms. The SMILES string of the molecule is O=C(c1ccc2cn[nH]c2c1)N1CCCNCC1. The van der Waals surface area contributed by atoms with Gasteiger partial charge >= 0.3 is 0 Å². The van der Waals surface area contributed by atoms with E-state index in [9.17, 15) is 4.79 Å². The van der Waals surface area contributed by atoms with Crippen LogP contribution < -0.4 is 5.32 Å². The second-order valence-corrected chi connectivity index (χ2v) is 4.57. The molecule has 1 aromatic carbocycles. The summed E-state index contributed by atoms with van der Waals surface area (Å²) in [5.41, 5.74) is 1.64. The first-order valence-electron chi connectivity index (χ1n) is 6.28. The average molecular weight is 244 g/mol. The maximum Gasteiger partial charge on any atom is 0.253 e. The quantitative estimate of drug-likeness (QED) is 0.786. The van der Waals surface area contributed by atoms with E-state index in [1.807, 2.05) is 23.1 Å². The molecule has 0 atom stereocenters. The number of nitrogens with one attached hydrogen (secondary N) is 2. The Kier molecular flexibility index (Phi) is 2.98. The summed E-state index contributed by atoms with van der Waals surface area (Å²) >= 11 is 0. The van der Waals surface area contributed by atoms with Crippen molar-refractivity contribution in [1.82, 2.24) is 20.4 Å². The summed E-state index contributed by atoms with van der Waals surface area (Å²) in [6.45, 7) is 3.47. The molecule has 1 aliphatic rings. The zero-order valence-electron chi connectivity index (χ0n) is 10.1. The highest BCUT2D eigenvalue weighted by Crippen LogP contribution is 2.14. The first-order valence-corrected chi connectivity index (χ1v) is 6.28. The second-order valence-electron chi connectivity index (χ2n) is 4.57. The number of aromatic amines is 1. The van der Waals surface area contributed by atoms with Crippen molar-refractivity contribution in [2.45, 2.75) is 6.42 Å². The Morgan fingerprint density at radius 3 is 3.17 bits per heavy atom. The van der Waals surface area contributed by atoms with Gasteiger partial charge in [0.15, 0.2) is 0 Å². The number of hydrogen-bond donors (Lipinski definition) is 2. The van der Waals surface area contributed by atoms with Crippen LogP contribution in [0.15, 0.2) is 24.4 Å². The summed E-state index contributed by atoms with van der Waals surface area (Å²) in [7, 11) is 0. The molecule has 1 fully saturated rings. The fourth-order valence-electron chi connectivity index (χ4n) is 2.30. The molecule has 0 unspecified atom stereocenters. The van der Waals surface area contributed by atoms with Crippen LogP contribution in [0.1, 0.15) is 16.8 Å². The van der Waals surface area contributed by atoms with Crippen molar-refractivity contribution in [2.24, 2.45) is 0 Å². The normalized spacial score (nSPS) is 16.8. The monoisotopic (exact) mass is 244 g/mol. The van der Waals surface area contributed by atoms with Gasteiger partial charge in [-0.25, -0.2) is 0 Å². The van der Waals surface area contributed by atoms with Gasteiger partial charge in [-0.2, -0.15) is 5.10 Å². The van der Waals surface area contributed by atoms with Crippen molar-refractivity contribution in [2.75, 3.05) is 26.2 Å². The lowest BCUT2D eigenvalue weighted by molar-refractivity contribution is 0.0766. The van der Waals surface area contributed by atoms with Gasteiger partial charge in [-0.1, -0.05) is 6.07 Å². The van der Waals surface area contributed by atoms with E-state index in [0.29, 0.717) is 0 Å². The lowest BCUT2D eigenvalue weighted by Gasteiger charge is -2.19. The predicted molar refractivity (Wildman–Crippen MR) is 69.5 cm³/mol. The number of carbonyl (C=O) groups excluding carboxylic acids is 1. The minimum absolute atomic E-state index is 0.107. The zero-order chi connectivity index (χ0) is 12.4. The van der Waals surface area contributed by atoms with E-state index >= 15 is 0 Å². The van der Waals surface area contributed by atoms with E-state index in [2.05, 4.69) is 15.5 Å². The van der Waals surface area contributed by atoms with Crippen LogP contribution in [-0.4, -0.2) is 47.2 Å². The minimum Gasteiger partial charge on any atom is -0.337 e. The van der Waals surface area contributed by atoms with Gasteiger partial charge in [0, 0.05) is 30.6 Å². The molecule has 0 bridgehead atoms. The standard InChI is InChI=1S/C13H16N4O/c18-13(17-6-1-4-14-5-7-17)10-2-3-11-9-15-16-12(11)8-10/h2-3,8-9,14H,1,4-7H2,(H,15,16). The molecule has 1 saturated heterocycles. The maximum atomic E-state index is 12.4. The molecule has 5 heteroatoms. The topological polar surface area (TPSA) is 61.0 Å². The predicted octanol–water partition coefficient (Wildman–Crippen LogP) is 0.998. The molecular weight excluding hydrogens is 228 g/mol. The van der Waals surface area contributed by atoms with Crippen molar-refractivity contribution in [3.8, 4) is 0 Å². The lowest BCUT2D eigenvalue weighted by Crippen LogP contribution is -2.34. The maximum absolute atomic E-state index is 12.4. The molecule has 3 rings (SSSR count). The van der Waals surface area contributed by atoms with E-state index in [0.717, 1.165) is 49.1 Å². The average Bonchev–Trinajstić information content (AvgIpc) is 2.69. The van der Waals surface area contributed by atoms with Crippen molar-refractivity contribution in [3.63, 3.8) is 0 Å². The Bertz CT molecular complexity index is 555. The summed E-state index contributed by atoms with van der Waals surface area (Å²) in [6, 6.07) is 5.68. The van der Waals surface area contributed by atoms with Crippen molar-refractivity contribution in [3.05, 3.63) is 30.0 Å².